The Morgan fingerprint density at radius 2 is 2.00 bits per heavy atom. The number of carboxylic acids is 1. The van der Waals surface area contributed by atoms with Gasteiger partial charge in [0.05, 0.1) is 6.54 Å². The Morgan fingerprint density at radius 3 is 2.76 bits per heavy atom. The van der Waals surface area contributed by atoms with Crippen LogP contribution < -0.4 is 10.1 Å². The molecule has 0 aliphatic rings. The summed E-state index contributed by atoms with van der Waals surface area (Å²) in [5.41, 5.74) is 1.89. The maximum atomic E-state index is 10.4. The Kier molecular flexibility index (Phi) is 5.60. The van der Waals surface area contributed by atoms with Gasteiger partial charge in [0, 0.05) is 17.1 Å². The minimum Gasteiger partial charge on any atom is -0.489 e. The fourth-order valence-electron chi connectivity index (χ4n) is 1.84. The van der Waals surface area contributed by atoms with E-state index in [9.17, 15) is 4.79 Å². The van der Waals surface area contributed by atoms with Crippen molar-refractivity contribution in [1.29, 1.82) is 0 Å². The van der Waals surface area contributed by atoms with E-state index in [2.05, 4.69) is 5.32 Å². The predicted octanol–water partition coefficient (Wildman–Crippen LogP) is 3.09. The van der Waals surface area contributed by atoms with Gasteiger partial charge in [-0.25, -0.2) is 0 Å². The van der Waals surface area contributed by atoms with Crippen LogP contribution in [-0.2, 0) is 17.9 Å². The van der Waals surface area contributed by atoms with Gasteiger partial charge in [0.1, 0.15) is 12.4 Å². The molecule has 0 aromatic heterocycles. The molecular weight excluding hydrogens is 290 g/mol. The number of ether oxygens (including phenoxy) is 1. The Balaban J connectivity index is 1.92. The van der Waals surface area contributed by atoms with E-state index in [1.54, 1.807) is 0 Å². The summed E-state index contributed by atoms with van der Waals surface area (Å²) in [6, 6.07) is 15.1. The summed E-state index contributed by atoms with van der Waals surface area (Å²) in [7, 11) is 0. The van der Waals surface area contributed by atoms with Crippen LogP contribution >= 0.6 is 11.6 Å². The second-order valence-corrected chi connectivity index (χ2v) is 4.93. The fourth-order valence-corrected chi connectivity index (χ4v) is 2.03. The van der Waals surface area contributed by atoms with Crippen molar-refractivity contribution in [2.24, 2.45) is 0 Å². The lowest BCUT2D eigenvalue weighted by molar-refractivity contribution is -0.135. The van der Waals surface area contributed by atoms with E-state index in [1.807, 2.05) is 48.5 Å². The van der Waals surface area contributed by atoms with E-state index < -0.39 is 5.97 Å². The van der Waals surface area contributed by atoms with Crippen molar-refractivity contribution in [3.05, 3.63) is 64.7 Å². The summed E-state index contributed by atoms with van der Waals surface area (Å²) in [6.45, 7) is 0.811. The SMILES string of the molecule is O=C(O)CNCc1cccc(OCc2ccccc2Cl)c1. The summed E-state index contributed by atoms with van der Waals surface area (Å²) in [4.78, 5) is 10.4. The first-order valence-electron chi connectivity index (χ1n) is 6.53. The van der Waals surface area contributed by atoms with Crippen LogP contribution in [0.2, 0.25) is 5.02 Å². The molecule has 0 bridgehead atoms. The third-order valence-corrected chi connectivity index (χ3v) is 3.22. The van der Waals surface area contributed by atoms with E-state index in [4.69, 9.17) is 21.4 Å². The highest BCUT2D eigenvalue weighted by molar-refractivity contribution is 6.31. The summed E-state index contributed by atoms with van der Waals surface area (Å²) >= 11 is 6.07. The zero-order valence-electron chi connectivity index (χ0n) is 11.4. The van der Waals surface area contributed by atoms with Gasteiger partial charge in [-0.05, 0) is 23.8 Å². The van der Waals surface area contributed by atoms with Crippen LogP contribution in [0.4, 0.5) is 0 Å². The van der Waals surface area contributed by atoms with Crippen LogP contribution in [0, 0.1) is 0 Å². The first-order chi connectivity index (χ1) is 10.1. The monoisotopic (exact) mass is 305 g/mol. The predicted molar refractivity (Wildman–Crippen MR) is 81.6 cm³/mol. The molecule has 21 heavy (non-hydrogen) atoms. The third-order valence-electron chi connectivity index (χ3n) is 2.86. The summed E-state index contributed by atoms with van der Waals surface area (Å²) < 4.78 is 5.71. The highest BCUT2D eigenvalue weighted by atomic mass is 35.5. The van der Waals surface area contributed by atoms with Crippen molar-refractivity contribution >= 4 is 17.6 Å². The van der Waals surface area contributed by atoms with Crippen molar-refractivity contribution < 1.29 is 14.6 Å². The van der Waals surface area contributed by atoms with Crippen molar-refractivity contribution in [3.8, 4) is 5.75 Å². The number of carbonyl (C=O) groups is 1. The second kappa shape index (κ2) is 7.67. The number of carboxylic acid groups (broad SMARTS) is 1. The average molecular weight is 306 g/mol. The molecule has 0 aliphatic carbocycles. The standard InChI is InChI=1S/C16H16ClNO3/c17-15-7-2-1-5-13(15)11-21-14-6-3-4-12(8-14)9-18-10-16(19)20/h1-8,18H,9-11H2,(H,19,20). The molecule has 5 heteroatoms. The quantitative estimate of drug-likeness (QED) is 0.825. The van der Waals surface area contributed by atoms with Gasteiger partial charge >= 0.3 is 5.97 Å². The normalized spacial score (nSPS) is 10.3. The smallest absolute Gasteiger partial charge is 0.317 e. The van der Waals surface area contributed by atoms with E-state index in [1.165, 1.54) is 0 Å². The molecule has 0 fully saturated rings. The minimum absolute atomic E-state index is 0.0648. The third kappa shape index (κ3) is 5.10. The lowest BCUT2D eigenvalue weighted by Gasteiger charge is -2.09. The van der Waals surface area contributed by atoms with Gasteiger partial charge in [0.25, 0.3) is 0 Å². The molecule has 0 radical (unpaired) electrons. The Morgan fingerprint density at radius 1 is 1.19 bits per heavy atom. The fraction of sp³-hybridized carbons (Fsp3) is 0.188. The first-order valence-corrected chi connectivity index (χ1v) is 6.90. The van der Waals surface area contributed by atoms with E-state index in [0.717, 1.165) is 16.9 Å². The Hall–Kier alpha value is -2.04. The van der Waals surface area contributed by atoms with Crippen molar-refractivity contribution in [1.82, 2.24) is 5.32 Å². The minimum atomic E-state index is -0.874. The molecule has 0 unspecified atom stereocenters. The maximum Gasteiger partial charge on any atom is 0.317 e. The lowest BCUT2D eigenvalue weighted by Crippen LogP contribution is -2.21. The van der Waals surface area contributed by atoms with Gasteiger partial charge in [-0.2, -0.15) is 0 Å². The van der Waals surface area contributed by atoms with Gasteiger partial charge in [0.15, 0.2) is 0 Å². The number of rotatable bonds is 7. The number of aliphatic carboxylic acids is 1. The first kappa shape index (κ1) is 15.4. The average Bonchev–Trinajstić information content (AvgIpc) is 2.46. The summed E-state index contributed by atoms with van der Waals surface area (Å²) in [6.07, 6.45) is 0. The number of halogens is 1. The summed E-state index contributed by atoms with van der Waals surface area (Å²) in [5.74, 6) is -0.148. The zero-order chi connectivity index (χ0) is 15.1. The molecule has 0 amide bonds. The number of benzene rings is 2. The Labute approximate surface area is 128 Å². The van der Waals surface area contributed by atoms with Crippen LogP contribution in [0.15, 0.2) is 48.5 Å². The van der Waals surface area contributed by atoms with Crippen LogP contribution in [0.3, 0.4) is 0 Å². The van der Waals surface area contributed by atoms with Crippen LogP contribution in [0.1, 0.15) is 11.1 Å². The van der Waals surface area contributed by atoms with E-state index in [0.29, 0.717) is 18.2 Å². The van der Waals surface area contributed by atoms with Gasteiger partial charge in [-0.15, -0.1) is 0 Å². The molecule has 0 saturated carbocycles. The molecule has 2 N–H and O–H groups in total. The molecule has 2 rings (SSSR count). The number of nitrogens with one attached hydrogen (secondary N) is 1. The highest BCUT2D eigenvalue weighted by Crippen LogP contribution is 2.19. The van der Waals surface area contributed by atoms with Crippen molar-refractivity contribution in [2.75, 3.05) is 6.54 Å². The molecule has 0 aliphatic heterocycles. The largest absolute Gasteiger partial charge is 0.489 e. The second-order valence-electron chi connectivity index (χ2n) is 4.52. The molecule has 2 aromatic rings. The molecule has 4 nitrogen and oxygen atoms in total. The van der Waals surface area contributed by atoms with Gasteiger partial charge < -0.3 is 15.2 Å². The van der Waals surface area contributed by atoms with Crippen LogP contribution in [0.25, 0.3) is 0 Å². The van der Waals surface area contributed by atoms with Crippen LogP contribution in [-0.4, -0.2) is 17.6 Å². The van der Waals surface area contributed by atoms with E-state index >= 15 is 0 Å². The van der Waals surface area contributed by atoms with Crippen LogP contribution in [0.5, 0.6) is 5.75 Å². The van der Waals surface area contributed by atoms with Crippen molar-refractivity contribution in [3.63, 3.8) is 0 Å². The van der Waals surface area contributed by atoms with Gasteiger partial charge in [-0.3, -0.25) is 4.79 Å². The molecule has 0 heterocycles. The lowest BCUT2D eigenvalue weighted by atomic mass is 10.2. The molecular formula is C16H16ClNO3. The van der Waals surface area contributed by atoms with E-state index in [-0.39, 0.29) is 6.54 Å². The number of hydrogen-bond donors (Lipinski definition) is 2. The van der Waals surface area contributed by atoms with Gasteiger partial charge in [0.2, 0.25) is 0 Å². The number of hydrogen-bond acceptors (Lipinski definition) is 3. The van der Waals surface area contributed by atoms with Gasteiger partial charge in [-0.1, -0.05) is 41.9 Å². The Bertz CT molecular complexity index is 616. The highest BCUT2D eigenvalue weighted by Gasteiger charge is 2.02. The molecule has 2 aromatic carbocycles. The molecule has 0 atom stereocenters. The maximum absolute atomic E-state index is 10.4. The summed E-state index contributed by atoms with van der Waals surface area (Å²) in [5, 5.41) is 12.1. The van der Waals surface area contributed by atoms with Crippen molar-refractivity contribution in [2.45, 2.75) is 13.2 Å². The zero-order valence-corrected chi connectivity index (χ0v) is 12.1. The molecule has 0 saturated heterocycles. The molecule has 0 spiro atoms. The molecule has 110 valence electrons. The topological polar surface area (TPSA) is 58.6 Å².